The minimum atomic E-state index is -0.645. The molecule has 3 heterocycles. The highest BCUT2D eigenvalue weighted by Gasteiger charge is 2.35. The lowest BCUT2D eigenvalue weighted by molar-refractivity contribution is 0.0915. The number of nitrogens with zero attached hydrogens (tertiary/aromatic N) is 2. The van der Waals surface area contributed by atoms with Crippen LogP contribution in [0.2, 0.25) is 5.02 Å². The summed E-state index contributed by atoms with van der Waals surface area (Å²) in [6.45, 7) is 0.0987. The van der Waals surface area contributed by atoms with E-state index in [4.69, 9.17) is 11.6 Å². The van der Waals surface area contributed by atoms with Gasteiger partial charge < -0.3 is 10.4 Å². The van der Waals surface area contributed by atoms with Gasteiger partial charge in [-0.25, -0.2) is 4.39 Å². The Morgan fingerprint density at radius 3 is 2.83 bits per heavy atom. The first kappa shape index (κ1) is 19.0. The van der Waals surface area contributed by atoms with E-state index in [0.29, 0.717) is 15.7 Å². The van der Waals surface area contributed by atoms with Crippen LogP contribution < -0.4 is 15.8 Å². The van der Waals surface area contributed by atoms with Crippen molar-refractivity contribution in [2.24, 2.45) is 0 Å². The minimum Gasteiger partial charge on any atom is -0.502 e. The zero-order valence-corrected chi connectivity index (χ0v) is 17.0. The number of amides is 1. The molecule has 1 unspecified atom stereocenters. The van der Waals surface area contributed by atoms with Gasteiger partial charge in [-0.1, -0.05) is 29.8 Å². The lowest BCUT2D eigenvalue weighted by Crippen LogP contribution is -2.53. The van der Waals surface area contributed by atoms with E-state index in [0.717, 1.165) is 16.7 Å². The number of hydrogen-bond acceptors (Lipinski definition) is 5. The third kappa shape index (κ3) is 2.86. The number of carbonyl (C=O) groups excluding carboxylic acids is 1. The molecule has 1 amide bonds. The molecule has 2 aromatic carbocycles. The molecule has 0 saturated carbocycles. The van der Waals surface area contributed by atoms with Crippen molar-refractivity contribution in [2.45, 2.75) is 16.7 Å². The first-order chi connectivity index (χ1) is 14.5. The fourth-order valence-corrected chi connectivity index (χ4v) is 5.27. The molecule has 2 N–H and O–H groups in total. The molecule has 9 heteroatoms. The van der Waals surface area contributed by atoms with E-state index in [1.807, 2.05) is 18.2 Å². The first-order valence-electron chi connectivity index (χ1n) is 9.15. The monoisotopic (exact) mass is 443 g/mol. The molecule has 2 aliphatic heterocycles. The van der Waals surface area contributed by atoms with Crippen LogP contribution in [0.1, 0.15) is 33.2 Å². The molecule has 0 spiro atoms. The highest BCUT2D eigenvalue weighted by Crippen LogP contribution is 2.44. The Morgan fingerprint density at radius 2 is 2.00 bits per heavy atom. The number of hydrogen-bond donors (Lipinski definition) is 2. The smallest absolute Gasteiger partial charge is 0.275 e. The Balaban J connectivity index is 1.79. The van der Waals surface area contributed by atoms with E-state index in [1.54, 1.807) is 17.1 Å². The van der Waals surface area contributed by atoms with Gasteiger partial charge in [0.25, 0.3) is 5.91 Å². The summed E-state index contributed by atoms with van der Waals surface area (Å²) in [5, 5.41) is 15.3. The summed E-state index contributed by atoms with van der Waals surface area (Å²) >= 11 is 7.60. The molecule has 6 nitrogen and oxygen atoms in total. The average molecular weight is 444 g/mol. The van der Waals surface area contributed by atoms with Crippen LogP contribution in [0.3, 0.4) is 0 Å². The number of aromatic nitrogens is 1. The second kappa shape index (κ2) is 7.07. The van der Waals surface area contributed by atoms with Gasteiger partial charge in [0.15, 0.2) is 11.4 Å². The maximum Gasteiger partial charge on any atom is 0.275 e. The molecular formula is C21H15ClFN3O3S. The van der Waals surface area contributed by atoms with Crippen molar-refractivity contribution in [2.75, 3.05) is 11.7 Å². The topological polar surface area (TPSA) is 74.6 Å². The third-order valence-electron chi connectivity index (χ3n) is 5.31. The summed E-state index contributed by atoms with van der Waals surface area (Å²) < 4.78 is 16.2. The number of benzene rings is 2. The number of aromatic hydroxyl groups is 1. The normalized spacial score (nSPS) is 17.5. The van der Waals surface area contributed by atoms with Crippen LogP contribution in [0.25, 0.3) is 0 Å². The fraction of sp³-hybridized carbons (Fsp3) is 0.143. The van der Waals surface area contributed by atoms with Gasteiger partial charge in [0.1, 0.15) is 12.5 Å². The lowest BCUT2D eigenvalue weighted by Gasteiger charge is -2.40. The van der Waals surface area contributed by atoms with Crippen LogP contribution in [-0.4, -0.2) is 22.4 Å². The van der Waals surface area contributed by atoms with Gasteiger partial charge in [0, 0.05) is 27.9 Å². The zero-order valence-electron chi connectivity index (χ0n) is 15.4. The highest BCUT2D eigenvalue weighted by atomic mass is 35.5. The fourth-order valence-electron chi connectivity index (χ4n) is 3.97. The predicted molar refractivity (Wildman–Crippen MR) is 112 cm³/mol. The van der Waals surface area contributed by atoms with E-state index in [-0.39, 0.29) is 18.2 Å². The number of rotatable bonds is 1. The summed E-state index contributed by atoms with van der Waals surface area (Å²) in [5.41, 5.74) is 1.77. The van der Waals surface area contributed by atoms with Crippen LogP contribution in [0.15, 0.2) is 58.4 Å². The molecule has 0 radical (unpaired) electrons. The van der Waals surface area contributed by atoms with Crippen LogP contribution >= 0.6 is 23.4 Å². The third-order valence-corrected chi connectivity index (χ3v) is 6.72. The average Bonchev–Trinajstić information content (AvgIpc) is 2.88. The van der Waals surface area contributed by atoms with E-state index in [9.17, 15) is 19.1 Å². The van der Waals surface area contributed by atoms with Crippen molar-refractivity contribution in [3.63, 3.8) is 0 Å². The number of halogens is 2. The van der Waals surface area contributed by atoms with Crippen LogP contribution in [-0.2, 0) is 5.75 Å². The second-order valence-corrected chi connectivity index (χ2v) is 8.44. The van der Waals surface area contributed by atoms with Crippen molar-refractivity contribution in [1.29, 1.82) is 0 Å². The predicted octanol–water partition coefficient (Wildman–Crippen LogP) is 3.38. The number of thioether (sulfide) groups is 1. The van der Waals surface area contributed by atoms with Crippen LogP contribution in [0.5, 0.6) is 5.75 Å². The van der Waals surface area contributed by atoms with Gasteiger partial charge in [0.05, 0.1) is 6.04 Å². The Kier molecular flexibility index (Phi) is 4.48. The largest absolute Gasteiger partial charge is 0.502 e. The van der Waals surface area contributed by atoms with Crippen molar-refractivity contribution in [3.05, 3.63) is 92.1 Å². The molecule has 30 heavy (non-hydrogen) atoms. The summed E-state index contributed by atoms with van der Waals surface area (Å²) in [6.07, 6.45) is 1.45. The lowest BCUT2D eigenvalue weighted by atomic mass is 9.94. The van der Waals surface area contributed by atoms with Gasteiger partial charge in [-0.3, -0.25) is 19.3 Å². The molecule has 1 aromatic heterocycles. The highest BCUT2D eigenvalue weighted by molar-refractivity contribution is 7.98. The molecule has 0 saturated heterocycles. The number of fused-ring (bicyclic) bond motifs is 3. The molecule has 3 aromatic rings. The molecule has 0 aliphatic carbocycles. The van der Waals surface area contributed by atoms with E-state index >= 15 is 0 Å². The standard InChI is InChI=1S/C21H15ClFN3O3S/c22-12-4-5-13-11(8-12)9-30-20-14(2-1-3-15(20)23)17(13)26-10-24-21(29)18-19(28)16(27)6-7-25(18)26/h1-8,17,28H,9-10H2,(H,24,29). The molecule has 0 bridgehead atoms. The number of nitrogens with one attached hydrogen (secondary N) is 1. The van der Waals surface area contributed by atoms with E-state index in [1.165, 1.54) is 34.8 Å². The van der Waals surface area contributed by atoms with Gasteiger partial charge in [-0.05, 0) is 34.9 Å². The van der Waals surface area contributed by atoms with Crippen molar-refractivity contribution >= 4 is 29.3 Å². The van der Waals surface area contributed by atoms with Gasteiger partial charge in [-0.2, -0.15) is 0 Å². The molecule has 5 rings (SSSR count). The van der Waals surface area contributed by atoms with Crippen molar-refractivity contribution in [3.8, 4) is 5.75 Å². The van der Waals surface area contributed by atoms with Gasteiger partial charge >= 0.3 is 0 Å². The first-order valence-corrected chi connectivity index (χ1v) is 10.5. The Bertz CT molecular complexity index is 1260. The summed E-state index contributed by atoms with van der Waals surface area (Å²) in [7, 11) is 0. The zero-order chi connectivity index (χ0) is 21.0. The number of carbonyl (C=O) groups is 1. The van der Waals surface area contributed by atoms with Crippen LogP contribution in [0, 0.1) is 5.82 Å². The summed E-state index contributed by atoms with van der Waals surface area (Å²) in [4.78, 5) is 24.8. The summed E-state index contributed by atoms with van der Waals surface area (Å²) in [6, 6.07) is 11.1. The molecule has 1 atom stereocenters. The molecule has 2 aliphatic rings. The Labute approximate surface area is 179 Å². The SMILES string of the molecule is O=C1NCN(C2c3ccc(Cl)cc3CSc3c(F)cccc32)n2ccc(=O)c(O)c21. The molecular weight excluding hydrogens is 429 g/mol. The van der Waals surface area contributed by atoms with E-state index < -0.39 is 23.1 Å². The van der Waals surface area contributed by atoms with Crippen LogP contribution in [0.4, 0.5) is 4.39 Å². The van der Waals surface area contributed by atoms with Crippen molar-refractivity contribution in [1.82, 2.24) is 9.99 Å². The summed E-state index contributed by atoms with van der Waals surface area (Å²) in [5.74, 6) is -0.979. The molecule has 152 valence electrons. The maximum atomic E-state index is 14.7. The van der Waals surface area contributed by atoms with Crippen molar-refractivity contribution < 1.29 is 14.3 Å². The van der Waals surface area contributed by atoms with E-state index in [2.05, 4.69) is 5.32 Å². The second-order valence-electron chi connectivity index (χ2n) is 7.02. The Morgan fingerprint density at radius 1 is 1.17 bits per heavy atom. The maximum absolute atomic E-state index is 14.7. The van der Waals surface area contributed by atoms with Gasteiger partial charge in [-0.15, -0.1) is 11.8 Å². The Hall–Kier alpha value is -2.97. The van der Waals surface area contributed by atoms with Gasteiger partial charge in [0.2, 0.25) is 5.43 Å². The minimum absolute atomic E-state index is 0.0987. The quantitative estimate of drug-likeness (QED) is 0.603. The number of pyridine rings is 1. The molecule has 0 fully saturated rings.